The first-order chi connectivity index (χ1) is 11.3. The van der Waals surface area contributed by atoms with Gasteiger partial charge in [-0.15, -0.1) is 11.3 Å². The highest BCUT2D eigenvalue weighted by Gasteiger charge is 2.16. The number of aromatic nitrogens is 2. The van der Waals surface area contributed by atoms with Gasteiger partial charge in [-0.25, -0.2) is 9.78 Å². The summed E-state index contributed by atoms with van der Waals surface area (Å²) in [5.41, 5.74) is 3.17. The molecule has 4 aromatic rings. The van der Waals surface area contributed by atoms with Crippen LogP contribution in [-0.4, -0.2) is 22.5 Å². The van der Waals surface area contributed by atoms with E-state index in [-0.39, 0.29) is 5.97 Å². The van der Waals surface area contributed by atoms with Crippen molar-refractivity contribution >= 4 is 39.2 Å². The second kappa shape index (κ2) is 5.52. The molecule has 114 valence electrons. The molecule has 0 fully saturated rings. The number of rotatable bonds is 3. The quantitative estimate of drug-likeness (QED) is 0.560. The van der Waals surface area contributed by atoms with Crippen LogP contribution < -0.4 is 0 Å². The Morgan fingerprint density at radius 3 is 2.91 bits per heavy atom. The van der Waals surface area contributed by atoms with Gasteiger partial charge in [0, 0.05) is 16.3 Å². The number of nitrogens with one attached hydrogen (secondary N) is 1. The van der Waals surface area contributed by atoms with Crippen molar-refractivity contribution in [2.45, 2.75) is 6.92 Å². The van der Waals surface area contributed by atoms with E-state index >= 15 is 0 Å². The normalized spacial score (nSPS) is 11.2. The average Bonchev–Trinajstić information content (AvgIpc) is 3.21. The third-order valence-corrected chi connectivity index (χ3v) is 4.64. The molecule has 5 heteroatoms. The van der Waals surface area contributed by atoms with E-state index in [0.29, 0.717) is 12.2 Å². The molecule has 1 aromatic carbocycles. The largest absolute Gasteiger partial charge is 0.462 e. The maximum Gasteiger partial charge on any atom is 0.338 e. The lowest BCUT2D eigenvalue weighted by molar-refractivity contribution is 0.0529. The molecule has 0 radical (unpaired) electrons. The van der Waals surface area contributed by atoms with Crippen LogP contribution in [0.1, 0.15) is 17.3 Å². The molecule has 3 aromatic heterocycles. The standard InChI is InChI=1S/C18H14N2O2S/c1-2-22-18(21)12-5-3-6-14-16(12)11-8-9-13(19-17(11)20-14)15-7-4-10-23-15/h3-10H,2H2,1H3,(H,19,20). The van der Waals surface area contributed by atoms with E-state index in [1.165, 1.54) is 0 Å². The number of ether oxygens (including phenoxy) is 1. The summed E-state index contributed by atoms with van der Waals surface area (Å²) in [6.45, 7) is 2.17. The lowest BCUT2D eigenvalue weighted by Gasteiger charge is -2.03. The molecule has 23 heavy (non-hydrogen) atoms. The topological polar surface area (TPSA) is 55.0 Å². The van der Waals surface area contributed by atoms with E-state index in [4.69, 9.17) is 9.72 Å². The molecule has 0 amide bonds. The van der Waals surface area contributed by atoms with Crippen LogP contribution in [0.4, 0.5) is 0 Å². The van der Waals surface area contributed by atoms with Crippen molar-refractivity contribution in [3.8, 4) is 10.6 Å². The highest BCUT2D eigenvalue weighted by Crippen LogP contribution is 2.31. The van der Waals surface area contributed by atoms with Crippen LogP contribution in [0.2, 0.25) is 0 Å². The maximum absolute atomic E-state index is 12.2. The zero-order valence-corrected chi connectivity index (χ0v) is 13.3. The second-order valence-corrected chi connectivity index (χ2v) is 6.09. The van der Waals surface area contributed by atoms with Crippen molar-refractivity contribution in [2.24, 2.45) is 0 Å². The van der Waals surface area contributed by atoms with Gasteiger partial charge in [-0.3, -0.25) is 0 Å². The van der Waals surface area contributed by atoms with Crippen molar-refractivity contribution in [3.05, 3.63) is 53.4 Å². The van der Waals surface area contributed by atoms with Crippen LogP contribution in [-0.2, 0) is 4.74 Å². The van der Waals surface area contributed by atoms with Crippen LogP contribution in [0.25, 0.3) is 32.5 Å². The number of nitrogens with zero attached hydrogens (tertiary/aromatic N) is 1. The van der Waals surface area contributed by atoms with E-state index in [0.717, 1.165) is 32.5 Å². The highest BCUT2D eigenvalue weighted by atomic mass is 32.1. The van der Waals surface area contributed by atoms with Gasteiger partial charge in [-0.1, -0.05) is 12.1 Å². The van der Waals surface area contributed by atoms with Crippen LogP contribution >= 0.6 is 11.3 Å². The zero-order chi connectivity index (χ0) is 15.8. The fourth-order valence-electron chi connectivity index (χ4n) is 2.77. The van der Waals surface area contributed by atoms with Crippen LogP contribution in [0.15, 0.2) is 47.8 Å². The summed E-state index contributed by atoms with van der Waals surface area (Å²) < 4.78 is 5.17. The van der Waals surface area contributed by atoms with Gasteiger partial charge in [0.1, 0.15) is 5.65 Å². The number of carbonyl (C=O) groups excluding carboxylic acids is 1. The molecule has 0 bridgehead atoms. The zero-order valence-electron chi connectivity index (χ0n) is 12.5. The Labute approximate surface area is 136 Å². The number of H-pyrrole nitrogens is 1. The van der Waals surface area contributed by atoms with Crippen molar-refractivity contribution in [2.75, 3.05) is 6.61 Å². The molecule has 0 aliphatic heterocycles. The molecule has 0 atom stereocenters. The van der Waals surface area contributed by atoms with Gasteiger partial charge in [-0.2, -0.15) is 0 Å². The number of thiophene rings is 1. The first-order valence-electron chi connectivity index (χ1n) is 7.40. The lowest BCUT2D eigenvalue weighted by Crippen LogP contribution is -2.04. The van der Waals surface area contributed by atoms with Gasteiger partial charge >= 0.3 is 5.97 Å². The molecule has 0 saturated carbocycles. The second-order valence-electron chi connectivity index (χ2n) is 5.14. The number of hydrogen-bond acceptors (Lipinski definition) is 4. The Balaban J connectivity index is 1.95. The van der Waals surface area contributed by atoms with Gasteiger partial charge in [0.25, 0.3) is 0 Å². The minimum absolute atomic E-state index is 0.304. The van der Waals surface area contributed by atoms with Gasteiger partial charge in [0.05, 0.1) is 22.7 Å². The SMILES string of the molecule is CCOC(=O)c1cccc2[nH]c3nc(-c4cccs4)ccc3c12. The summed E-state index contributed by atoms with van der Waals surface area (Å²) in [6, 6.07) is 13.7. The minimum Gasteiger partial charge on any atom is -0.462 e. The van der Waals surface area contributed by atoms with Gasteiger partial charge in [0.15, 0.2) is 0 Å². The third kappa shape index (κ3) is 2.29. The van der Waals surface area contributed by atoms with Gasteiger partial charge in [0.2, 0.25) is 0 Å². The highest BCUT2D eigenvalue weighted by molar-refractivity contribution is 7.13. The fourth-order valence-corrected chi connectivity index (χ4v) is 3.47. The molecular formula is C18H14N2O2S. The number of esters is 1. The molecule has 3 heterocycles. The Bertz CT molecular complexity index is 1000. The van der Waals surface area contributed by atoms with Crippen LogP contribution in [0.3, 0.4) is 0 Å². The van der Waals surface area contributed by atoms with Crippen LogP contribution in [0.5, 0.6) is 0 Å². The van der Waals surface area contributed by atoms with E-state index < -0.39 is 0 Å². The predicted molar refractivity (Wildman–Crippen MR) is 92.9 cm³/mol. The van der Waals surface area contributed by atoms with E-state index in [9.17, 15) is 4.79 Å². The monoisotopic (exact) mass is 322 g/mol. The summed E-state index contributed by atoms with van der Waals surface area (Å²) in [7, 11) is 0. The number of fused-ring (bicyclic) bond motifs is 3. The van der Waals surface area contributed by atoms with Gasteiger partial charge < -0.3 is 9.72 Å². The molecule has 4 rings (SSSR count). The van der Waals surface area contributed by atoms with E-state index in [1.807, 2.05) is 48.7 Å². The summed E-state index contributed by atoms with van der Waals surface area (Å²) >= 11 is 1.66. The molecule has 0 spiro atoms. The summed E-state index contributed by atoms with van der Waals surface area (Å²) in [5, 5.41) is 3.83. The summed E-state index contributed by atoms with van der Waals surface area (Å²) in [6.07, 6.45) is 0. The number of carbonyl (C=O) groups is 1. The Morgan fingerprint density at radius 2 is 2.13 bits per heavy atom. The lowest BCUT2D eigenvalue weighted by atomic mass is 10.1. The number of benzene rings is 1. The number of aromatic amines is 1. The van der Waals surface area contributed by atoms with Crippen molar-refractivity contribution < 1.29 is 9.53 Å². The van der Waals surface area contributed by atoms with E-state index in [1.54, 1.807) is 17.4 Å². The molecule has 0 saturated heterocycles. The average molecular weight is 322 g/mol. The molecule has 0 aliphatic rings. The summed E-state index contributed by atoms with van der Waals surface area (Å²) in [5.74, 6) is -0.304. The Hall–Kier alpha value is -2.66. The molecule has 1 N–H and O–H groups in total. The Kier molecular flexibility index (Phi) is 3.35. The minimum atomic E-state index is -0.304. The van der Waals surface area contributed by atoms with Crippen LogP contribution in [0, 0.1) is 0 Å². The number of pyridine rings is 1. The maximum atomic E-state index is 12.2. The third-order valence-electron chi connectivity index (χ3n) is 3.75. The van der Waals surface area contributed by atoms with Crippen molar-refractivity contribution in [3.63, 3.8) is 0 Å². The molecule has 0 unspecified atom stereocenters. The first kappa shape index (κ1) is 14.0. The first-order valence-corrected chi connectivity index (χ1v) is 8.28. The van der Waals surface area contributed by atoms with Crippen molar-refractivity contribution in [1.29, 1.82) is 0 Å². The molecule has 4 nitrogen and oxygen atoms in total. The smallest absolute Gasteiger partial charge is 0.338 e. The molecule has 0 aliphatic carbocycles. The van der Waals surface area contributed by atoms with E-state index in [2.05, 4.69) is 4.98 Å². The van der Waals surface area contributed by atoms with Crippen molar-refractivity contribution in [1.82, 2.24) is 9.97 Å². The Morgan fingerprint density at radius 1 is 1.22 bits per heavy atom. The number of hydrogen-bond donors (Lipinski definition) is 1. The predicted octanol–water partition coefficient (Wildman–Crippen LogP) is 4.62. The fraction of sp³-hybridized carbons (Fsp3) is 0.111. The molecular weight excluding hydrogens is 308 g/mol. The summed E-state index contributed by atoms with van der Waals surface area (Å²) in [4.78, 5) is 21.3. The van der Waals surface area contributed by atoms with Gasteiger partial charge in [-0.05, 0) is 42.6 Å².